The van der Waals surface area contributed by atoms with Crippen LogP contribution in [0.3, 0.4) is 0 Å². The summed E-state index contributed by atoms with van der Waals surface area (Å²) in [6.45, 7) is 3.85. The molecule has 5 nitrogen and oxygen atoms in total. The molecule has 1 unspecified atom stereocenters. The summed E-state index contributed by atoms with van der Waals surface area (Å²) < 4.78 is 28.7. The minimum atomic E-state index is -0.547. The molecule has 0 spiro atoms. The zero-order valence-electron chi connectivity index (χ0n) is 22.7. The van der Waals surface area contributed by atoms with E-state index in [0.29, 0.717) is 48.7 Å². The van der Waals surface area contributed by atoms with Gasteiger partial charge in [-0.15, -0.1) is 0 Å². The van der Waals surface area contributed by atoms with Gasteiger partial charge in [0.15, 0.2) is 0 Å². The number of rotatable bonds is 6. The molecule has 2 aromatic carbocycles. The van der Waals surface area contributed by atoms with Crippen LogP contribution >= 0.6 is 0 Å². The van der Waals surface area contributed by atoms with E-state index in [-0.39, 0.29) is 29.1 Å². The number of likely N-dealkylation sites (tertiary alicyclic amines) is 1. The molecule has 0 bridgehead atoms. The summed E-state index contributed by atoms with van der Waals surface area (Å²) in [5, 5.41) is 6.59. The maximum Gasteiger partial charge on any atom is 0.257 e. The third-order valence-electron chi connectivity index (χ3n) is 8.44. The van der Waals surface area contributed by atoms with Gasteiger partial charge in [0.25, 0.3) is 5.91 Å². The number of nitrogens with one attached hydrogen (secondary N) is 2. The molecular formula is C32H37F2N3O2. The fourth-order valence-electron chi connectivity index (χ4n) is 6.38. The van der Waals surface area contributed by atoms with Gasteiger partial charge in [-0.05, 0) is 87.4 Å². The highest BCUT2D eigenvalue weighted by Crippen LogP contribution is 2.36. The van der Waals surface area contributed by atoms with E-state index in [4.69, 9.17) is 0 Å². The summed E-state index contributed by atoms with van der Waals surface area (Å²) in [5.41, 5.74) is 2.70. The highest BCUT2D eigenvalue weighted by atomic mass is 19.1. The Morgan fingerprint density at radius 3 is 2.44 bits per heavy atom. The number of hydrogen-bond acceptors (Lipinski definition) is 3. The Bertz CT molecular complexity index is 1280. The number of anilines is 1. The van der Waals surface area contributed by atoms with Gasteiger partial charge < -0.3 is 15.5 Å². The molecule has 3 atom stereocenters. The molecule has 2 fully saturated rings. The Morgan fingerprint density at radius 1 is 0.949 bits per heavy atom. The number of aryl methyl sites for hydroxylation is 2. The number of piperidine rings is 1. The van der Waals surface area contributed by atoms with Gasteiger partial charge in [0.2, 0.25) is 5.91 Å². The molecule has 5 rings (SSSR count). The molecule has 0 aromatic heterocycles. The van der Waals surface area contributed by atoms with Crippen LogP contribution in [-0.4, -0.2) is 35.3 Å². The Labute approximate surface area is 229 Å². The maximum atomic E-state index is 14.9. The quantitative estimate of drug-likeness (QED) is 0.450. The van der Waals surface area contributed by atoms with Gasteiger partial charge in [-0.1, -0.05) is 37.1 Å². The first-order valence-electron chi connectivity index (χ1n) is 14.1. The van der Waals surface area contributed by atoms with Gasteiger partial charge >= 0.3 is 0 Å². The average Bonchev–Trinajstić information content (AvgIpc) is 3.44. The van der Waals surface area contributed by atoms with Gasteiger partial charge in [-0.25, -0.2) is 8.78 Å². The molecule has 2 N–H and O–H groups in total. The van der Waals surface area contributed by atoms with E-state index in [2.05, 4.69) is 28.9 Å². The number of carbonyl (C=O) groups excluding carboxylic acids is 2. The van der Waals surface area contributed by atoms with Crippen molar-refractivity contribution in [3.8, 4) is 0 Å². The van der Waals surface area contributed by atoms with E-state index < -0.39 is 17.8 Å². The molecule has 1 saturated carbocycles. The smallest absolute Gasteiger partial charge is 0.257 e. The second kappa shape index (κ2) is 11.7. The van der Waals surface area contributed by atoms with Crippen LogP contribution in [0.4, 0.5) is 14.5 Å². The van der Waals surface area contributed by atoms with Crippen LogP contribution in [0.5, 0.6) is 0 Å². The Balaban J connectivity index is 1.42. The molecular weight excluding hydrogens is 496 g/mol. The standard InChI is InChI=1S/C32H37F2N3O2/c1-20-7-5-11-28(34)29(20)32(39)37-18-6-10-26(31(38)36-25-16-17-27(33)21(2)19-25)30(37)22-12-14-24(15-13-22)35-23-8-3-4-9-23/h5,7,11-12,14-17,19,22-23,26,30,35H,3-4,6,8-10,13,18H2,1-2H3,(H,36,38)/t22?,26-,30-/m0/s1. The maximum absolute atomic E-state index is 14.9. The third kappa shape index (κ3) is 5.92. The molecule has 2 amide bonds. The number of benzene rings is 2. The van der Waals surface area contributed by atoms with Crippen LogP contribution in [0.25, 0.3) is 0 Å². The van der Waals surface area contributed by atoms with E-state index in [0.717, 1.165) is 5.70 Å². The van der Waals surface area contributed by atoms with Crippen molar-refractivity contribution in [2.24, 2.45) is 11.8 Å². The summed E-state index contributed by atoms with van der Waals surface area (Å²) >= 11 is 0. The normalized spacial score (nSPS) is 23.4. The number of halogens is 2. The van der Waals surface area contributed by atoms with E-state index in [9.17, 15) is 18.4 Å². The minimum Gasteiger partial charge on any atom is -0.383 e. The Kier molecular flexibility index (Phi) is 8.15. The SMILES string of the molecule is Cc1cc(NC(=O)[C@H]2CCCN(C(=O)c3c(C)cccc3F)[C@H]2C2C=CC(NC3CCCC3)=CC2)ccc1F. The highest BCUT2D eigenvalue weighted by molar-refractivity contribution is 5.98. The van der Waals surface area contributed by atoms with Crippen molar-refractivity contribution < 1.29 is 18.4 Å². The summed E-state index contributed by atoms with van der Waals surface area (Å²) in [6, 6.07) is 9.20. The fraction of sp³-hybridized carbons (Fsp3) is 0.438. The van der Waals surface area contributed by atoms with Crippen molar-refractivity contribution in [2.75, 3.05) is 11.9 Å². The molecule has 1 aliphatic heterocycles. The Morgan fingerprint density at radius 2 is 1.74 bits per heavy atom. The van der Waals surface area contributed by atoms with Crippen LogP contribution in [0.1, 0.15) is 66.4 Å². The highest BCUT2D eigenvalue weighted by Gasteiger charge is 2.43. The van der Waals surface area contributed by atoms with Gasteiger partial charge in [0.05, 0.1) is 17.5 Å². The minimum absolute atomic E-state index is 0.0663. The predicted molar refractivity (Wildman–Crippen MR) is 149 cm³/mol. The van der Waals surface area contributed by atoms with Crippen molar-refractivity contribution in [2.45, 2.75) is 70.9 Å². The number of carbonyl (C=O) groups is 2. The van der Waals surface area contributed by atoms with Gasteiger partial charge in [0.1, 0.15) is 11.6 Å². The number of allylic oxidation sites excluding steroid dienone is 2. The van der Waals surface area contributed by atoms with E-state index >= 15 is 0 Å². The second-order valence-electron chi connectivity index (χ2n) is 11.2. The molecule has 1 saturated heterocycles. The Hall–Kier alpha value is -3.48. The number of amides is 2. The topological polar surface area (TPSA) is 61.4 Å². The predicted octanol–water partition coefficient (Wildman–Crippen LogP) is 6.43. The van der Waals surface area contributed by atoms with Crippen LogP contribution in [0, 0.1) is 37.3 Å². The third-order valence-corrected chi connectivity index (χ3v) is 8.44. The van der Waals surface area contributed by atoms with Crippen LogP contribution in [0.15, 0.2) is 60.3 Å². The summed E-state index contributed by atoms with van der Waals surface area (Å²) in [5.74, 6) is -2.05. The fourth-order valence-corrected chi connectivity index (χ4v) is 6.38. The first kappa shape index (κ1) is 27.1. The monoisotopic (exact) mass is 533 g/mol. The van der Waals surface area contributed by atoms with E-state index in [1.165, 1.54) is 37.8 Å². The lowest BCUT2D eigenvalue weighted by atomic mass is 9.77. The first-order chi connectivity index (χ1) is 18.8. The number of nitrogens with zero attached hydrogens (tertiary/aromatic N) is 1. The van der Waals surface area contributed by atoms with Crippen LogP contribution in [-0.2, 0) is 4.79 Å². The molecule has 1 heterocycles. The van der Waals surface area contributed by atoms with E-state index in [1.807, 2.05) is 0 Å². The van der Waals surface area contributed by atoms with Crippen molar-refractivity contribution in [3.05, 3.63) is 88.6 Å². The average molecular weight is 534 g/mol. The van der Waals surface area contributed by atoms with Crippen molar-refractivity contribution in [1.29, 1.82) is 0 Å². The lowest BCUT2D eigenvalue weighted by Crippen LogP contribution is -2.55. The van der Waals surface area contributed by atoms with E-state index in [1.54, 1.807) is 43.0 Å². The van der Waals surface area contributed by atoms with Gasteiger partial charge in [-0.3, -0.25) is 9.59 Å². The summed E-state index contributed by atoms with van der Waals surface area (Å²) in [4.78, 5) is 29.3. The summed E-state index contributed by atoms with van der Waals surface area (Å²) in [7, 11) is 0. The van der Waals surface area contributed by atoms with Crippen molar-refractivity contribution in [3.63, 3.8) is 0 Å². The molecule has 2 aliphatic carbocycles. The molecule has 0 radical (unpaired) electrons. The first-order valence-corrected chi connectivity index (χ1v) is 14.1. The molecule has 206 valence electrons. The molecule has 7 heteroatoms. The number of hydrogen-bond donors (Lipinski definition) is 2. The van der Waals surface area contributed by atoms with Crippen molar-refractivity contribution >= 4 is 17.5 Å². The molecule has 3 aliphatic rings. The van der Waals surface area contributed by atoms with Crippen LogP contribution in [0.2, 0.25) is 0 Å². The lowest BCUT2D eigenvalue weighted by Gasteiger charge is -2.44. The van der Waals surface area contributed by atoms with Gasteiger partial charge in [-0.2, -0.15) is 0 Å². The second-order valence-corrected chi connectivity index (χ2v) is 11.2. The van der Waals surface area contributed by atoms with Gasteiger partial charge in [0, 0.05) is 29.9 Å². The summed E-state index contributed by atoms with van der Waals surface area (Å²) in [6.07, 6.45) is 13.1. The van der Waals surface area contributed by atoms with Crippen LogP contribution < -0.4 is 10.6 Å². The zero-order chi connectivity index (χ0) is 27.5. The molecule has 39 heavy (non-hydrogen) atoms. The van der Waals surface area contributed by atoms with Crippen molar-refractivity contribution in [1.82, 2.24) is 10.2 Å². The molecule has 2 aromatic rings. The zero-order valence-corrected chi connectivity index (χ0v) is 22.7. The largest absolute Gasteiger partial charge is 0.383 e. The lowest BCUT2D eigenvalue weighted by molar-refractivity contribution is -0.123.